The minimum atomic E-state index is -0.0718. The molecule has 5 fully saturated rings. The van der Waals surface area contributed by atoms with Crippen LogP contribution in [0, 0.1) is 97.6 Å². The first-order valence-corrected chi connectivity index (χ1v) is 55.9. The molecule has 854 valence electrons. The van der Waals surface area contributed by atoms with E-state index < -0.39 is 0 Å². The van der Waals surface area contributed by atoms with Gasteiger partial charge in [-0.25, -0.2) is 4.98 Å². The third-order valence-electron chi connectivity index (χ3n) is 31.1. The van der Waals surface area contributed by atoms with Gasteiger partial charge in [-0.2, -0.15) is 0 Å². The number of hydrogen-bond donors (Lipinski definition) is 4. The number of aryl methyl sites for hydroxylation is 3. The van der Waals surface area contributed by atoms with E-state index in [1.165, 1.54) is 120 Å². The number of dihydropyridines is 1. The van der Waals surface area contributed by atoms with Gasteiger partial charge in [0.2, 0.25) is 5.88 Å². The summed E-state index contributed by atoms with van der Waals surface area (Å²) < 4.78 is 38.1. The predicted octanol–water partition coefficient (Wildman–Crippen LogP) is 35.7. The highest BCUT2D eigenvalue weighted by Crippen LogP contribution is 2.61. The number of hydrogen-bond acceptors (Lipinski definition) is 14. The second-order valence-corrected chi connectivity index (χ2v) is 56.9. The second kappa shape index (κ2) is 60.8. The molecule has 15 heteroatoms. The normalized spacial score (nSPS) is 17.4. The molecule has 4 aliphatic carbocycles. The van der Waals surface area contributed by atoms with Gasteiger partial charge in [-0.1, -0.05) is 413 Å². The zero-order valence-corrected chi connectivity index (χ0v) is 105. The summed E-state index contributed by atoms with van der Waals surface area (Å²) >= 11 is 0. The summed E-state index contributed by atoms with van der Waals surface area (Å²) in [6, 6.07) is 40.4. The summed E-state index contributed by atoms with van der Waals surface area (Å²) in [5, 5.41) is 38.7. The van der Waals surface area contributed by atoms with E-state index in [9.17, 15) is 10.2 Å². The number of pyridine rings is 2. The number of aliphatic hydroxyl groups excluding tert-OH is 3. The summed E-state index contributed by atoms with van der Waals surface area (Å²) in [6.07, 6.45) is 27.2. The van der Waals surface area contributed by atoms with Gasteiger partial charge in [-0.3, -0.25) is 4.98 Å². The summed E-state index contributed by atoms with van der Waals surface area (Å²) in [5.74, 6) is 4.93. The van der Waals surface area contributed by atoms with Crippen LogP contribution in [0.5, 0.6) is 5.88 Å². The first-order valence-electron chi connectivity index (χ1n) is 55.9. The van der Waals surface area contributed by atoms with Crippen LogP contribution in [0.1, 0.15) is 419 Å². The average Bonchev–Trinajstić information content (AvgIpc) is 1.60. The van der Waals surface area contributed by atoms with E-state index in [2.05, 4.69) is 432 Å². The molecule has 0 spiro atoms. The van der Waals surface area contributed by atoms with Crippen molar-refractivity contribution in [3.63, 3.8) is 0 Å². The highest BCUT2D eigenvalue weighted by atomic mass is 16.5. The van der Waals surface area contributed by atoms with E-state index in [0.29, 0.717) is 84.4 Å². The van der Waals surface area contributed by atoms with E-state index in [0.717, 1.165) is 97.3 Å². The van der Waals surface area contributed by atoms with Gasteiger partial charge < -0.3 is 58.1 Å². The Balaban J connectivity index is 0.000000815. The fourth-order valence-corrected chi connectivity index (χ4v) is 20.2. The van der Waals surface area contributed by atoms with Crippen molar-refractivity contribution in [2.75, 3.05) is 88.4 Å². The number of nitrogens with zero attached hydrogens (tertiary/aromatic N) is 4. The zero-order valence-electron chi connectivity index (χ0n) is 105. The molecule has 6 heterocycles. The number of nitrogens with one attached hydrogen (secondary N) is 1. The summed E-state index contributed by atoms with van der Waals surface area (Å²) in [6.45, 7) is 106. The van der Waals surface area contributed by atoms with Crippen molar-refractivity contribution in [3.8, 4) is 5.88 Å². The fraction of sp³-hybridized carbons (Fsp3) is 0.681. The first kappa shape index (κ1) is 141. The van der Waals surface area contributed by atoms with Crippen LogP contribution < -0.4 is 10.1 Å². The molecular weight excluding hydrogens is 1850 g/mol. The number of ether oxygens (including phenoxy) is 6. The van der Waals surface area contributed by atoms with Gasteiger partial charge in [-0.05, 0) is 257 Å². The molecule has 4 N–H and O–H groups in total. The topological polar surface area (TPSA) is 185 Å². The number of para-hydroxylation sites is 1. The molecule has 150 heavy (non-hydrogen) atoms. The lowest BCUT2D eigenvalue weighted by Gasteiger charge is -2.44. The van der Waals surface area contributed by atoms with Crippen LogP contribution in [0.2, 0.25) is 0 Å². The monoisotopic (exact) mass is 2080 g/mol. The van der Waals surface area contributed by atoms with Crippen molar-refractivity contribution in [2.24, 2.45) is 90.8 Å². The highest BCUT2D eigenvalue weighted by Gasteiger charge is 2.54. The maximum Gasteiger partial charge on any atom is 0.217 e. The second-order valence-electron chi connectivity index (χ2n) is 56.9. The molecule has 15 nitrogen and oxygen atoms in total. The number of fused-ring (bicyclic) bond motifs is 2. The van der Waals surface area contributed by atoms with Crippen molar-refractivity contribution in [2.45, 2.75) is 421 Å². The highest BCUT2D eigenvalue weighted by molar-refractivity contribution is 5.85. The van der Waals surface area contributed by atoms with Crippen molar-refractivity contribution in [1.82, 2.24) is 25.0 Å². The Hall–Kier alpha value is -7.31. The standard InChI is InChI=1S/C14H16.C13H17N.C12H17N.C12H24O.C11H17NO2.C11H17NO.C10H14.C9H15NO.C9H20O2.2C9H18O.C8H16.C7H16O.CH4/c1-14(2,3)13-9-8-11-6-4-5-7-12(11)10-13;1-13(2,3)11-9-14(4)12-8-6-5-7-10(11)12;1-11(2,3)12(6-7-12)10-5-4-8-13-9-10;1-9-6-5-7-10(8-13)11(9)12(2,3)4;1-11(2,3)9-8(7-13)5-6-12-10(9)14-4;1-8-10(11(2,3)4)9(7-13)5-6-12-8;1-10(2,3)9-7-5-4-6-8-9;1-6-8(9(3,4)5)7(2)11-10-6;1-9(2,3)8(6-10-4)7-11-5;1-8(2,3)9(5-6-9)7-10-4;1-9(2,3)8-4-6-10-7-5-8;1-7(2,3)8(4)5-6-8;1-7(2,3)5-6-8-4;/h4-10H,1-3H3;5-9H,1-4H3;4-5,8-9H,6-7H2,1-3H3;9-11,13H,5-8H2,1-4H3;5-6,13H,7H2,1-4H3;5-6,12-13H,1,7H2,2-4H3;4-8H,1-3H3;1-5H3;8H,6-7H2,1-5H3;5-7H2,1-4H3;8H,4-7H2,1-3H3;2*5-6H2,1-4H3;1H4. The Bertz CT molecular complexity index is 5100. The quantitative estimate of drug-likeness (QED) is 0.0855. The van der Waals surface area contributed by atoms with Crippen molar-refractivity contribution < 1.29 is 48.3 Å². The molecule has 0 amide bonds. The van der Waals surface area contributed by atoms with Crippen LogP contribution >= 0.6 is 0 Å². The number of aromatic nitrogens is 4. The lowest BCUT2D eigenvalue weighted by atomic mass is 9.62. The predicted molar refractivity (Wildman–Crippen MR) is 648 cm³/mol. The Morgan fingerprint density at radius 1 is 0.527 bits per heavy atom. The smallest absolute Gasteiger partial charge is 0.217 e. The van der Waals surface area contributed by atoms with Crippen LogP contribution in [-0.4, -0.2) is 123 Å². The molecule has 3 unspecified atom stereocenters. The number of rotatable bonds is 13. The van der Waals surface area contributed by atoms with E-state index in [1.54, 1.807) is 41.7 Å². The summed E-state index contributed by atoms with van der Waals surface area (Å²) in [7, 11) is 10.7. The molecule has 14 rings (SSSR count). The van der Waals surface area contributed by atoms with Crippen LogP contribution in [0.15, 0.2) is 180 Å². The Morgan fingerprint density at radius 2 is 1.06 bits per heavy atom. The van der Waals surface area contributed by atoms with Gasteiger partial charge >= 0.3 is 0 Å². The number of methoxy groups -OCH3 is 5. The average molecular weight is 2080 g/mol. The fourth-order valence-electron chi connectivity index (χ4n) is 20.2. The van der Waals surface area contributed by atoms with E-state index >= 15 is 0 Å². The molecule has 0 bridgehead atoms. The van der Waals surface area contributed by atoms with Gasteiger partial charge in [0.25, 0.3) is 0 Å². The molecule has 4 saturated carbocycles. The van der Waals surface area contributed by atoms with Gasteiger partial charge in [0.15, 0.2) is 0 Å². The van der Waals surface area contributed by atoms with Gasteiger partial charge in [-0.15, -0.1) is 0 Å². The first-order chi connectivity index (χ1) is 68.3. The molecule has 4 aromatic carbocycles. The van der Waals surface area contributed by atoms with Crippen LogP contribution in [-0.2, 0) is 69.8 Å². The SMILES string of the molecule is C.C=C1NC=CC(CO)=C1C(C)(C)C.CC(C)(C)C1(C)CC1.CC(C)(C)C1(c2cccnc2)CC1.CC(C)(C)C1CCOCC1.CC(C)(C)c1ccc2ccccc2c1.CC(C)(C)c1ccccc1.CC1CCCC(CO)C1C(C)(C)C.COCC(COC)C(C)(C)C.COCC1(C(C)(C)C)CC1.COCCC(C)(C)C.COc1nccc(CO)c1C(C)(C)C.Cc1noc(C)c1C(C)(C)C.Cn1cc(C(C)(C)C)c2ccccc21. The lowest BCUT2D eigenvalue weighted by molar-refractivity contribution is 0.0223. The molecule has 2 aliphatic heterocycles. The van der Waals surface area contributed by atoms with Crippen LogP contribution in [0.4, 0.5) is 0 Å². The number of benzene rings is 4. The molecule has 3 atom stereocenters. The zero-order chi connectivity index (χ0) is 115. The third kappa shape index (κ3) is 47.8. The maximum absolute atomic E-state index is 9.34. The lowest BCUT2D eigenvalue weighted by Crippen LogP contribution is -2.38. The Labute approximate surface area is 921 Å². The van der Waals surface area contributed by atoms with E-state index in [-0.39, 0.29) is 53.1 Å². The number of allylic oxidation sites excluding steroid dienone is 1. The molecule has 0 radical (unpaired) electrons. The van der Waals surface area contributed by atoms with Gasteiger partial charge in [0.1, 0.15) is 5.76 Å². The summed E-state index contributed by atoms with van der Waals surface area (Å²) in [5.41, 5.74) is 19.4. The maximum atomic E-state index is 9.34. The molecule has 6 aliphatic rings. The van der Waals surface area contributed by atoms with Crippen LogP contribution in [0.3, 0.4) is 0 Å². The third-order valence-corrected chi connectivity index (χ3v) is 31.1. The Kier molecular flexibility index (Phi) is 57.1. The molecule has 1 saturated heterocycles. The minimum absolute atomic E-state index is 0. The van der Waals surface area contributed by atoms with Crippen molar-refractivity contribution >= 4 is 21.7 Å². The minimum Gasteiger partial charge on any atom is -0.481 e. The van der Waals surface area contributed by atoms with Crippen LogP contribution in [0.25, 0.3) is 21.7 Å². The van der Waals surface area contributed by atoms with Gasteiger partial charge in [0, 0.05) is 132 Å². The summed E-state index contributed by atoms with van der Waals surface area (Å²) in [4.78, 5) is 8.34. The molecule has 8 aromatic rings. The van der Waals surface area contributed by atoms with Crippen molar-refractivity contribution in [3.05, 3.63) is 226 Å². The Morgan fingerprint density at radius 3 is 1.40 bits per heavy atom. The number of aliphatic hydroxyl groups is 3. The van der Waals surface area contributed by atoms with E-state index in [1.807, 2.05) is 50.6 Å². The van der Waals surface area contributed by atoms with Crippen molar-refractivity contribution in [1.29, 1.82) is 0 Å². The molecular formula is C135H229N5O10. The van der Waals surface area contributed by atoms with Gasteiger partial charge in [0.05, 0.1) is 45.8 Å². The molecule has 4 aromatic heterocycles. The van der Waals surface area contributed by atoms with E-state index in [4.69, 9.17) is 38.1 Å². The largest absolute Gasteiger partial charge is 0.481 e.